The second kappa shape index (κ2) is 4.58. The zero-order chi connectivity index (χ0) is 12.6. The summed E-state index contributed by atoms with van der Waals surface area (Å²) in [5.41, 5.74) is 4.98. The van der Waals surface area contributed by atoms with Crippen LogP contribution in [0, 0.1) is 11.8 Å². The van der Waals surface area contributed by atoms with Gasteiger partial charge in [0.2, 0.25) is 0 Å². The zero-order valence-corrected chi connectivity index (χ0v) is 10.9. The van der Waals surface area contributed by atoms with Crippen LogP contribution in [0.3, 0.4) is 0 Å². The van der Waals surface area contributed by atoms with Gasteiger partial charge in [0, 0.05) is 12.6 Å². The SMILES string of the molecule is CC1CC1CN(C)C1CCCC(N)(C(=O)O)C1. The minimum Gasteiger partial charge on any atom is -0.480 e. The molecule has 2 aliphatic carbocycles. The van der Waals surface area contributed by atoms with Crippen molar-refractivity contribution in [1.82, 2.24) is 4.90 Å². The number of nitrogens with two attached hydrogens (primary N) is 1. The highest BCUT2D eigenvalue weighted by molar-refractivity contribution is 5.78. The van der Waals surface area contributed by atoms with Crippen LogP contribution in [-0.4, -0.2) is 41.1 Å². The molecule has 0 saturated heterocycles. The van der Waals surface area contributed by atoms with Gasteiger partial charge in [-0.25, -0.2) is 0 Å². The highest BCUT2D eigenvalue weighted by atomic mass is 16.4. The van der Waals surface area contributed by atoms with Crippen LogP contribution in [0.1, 0.15) is 39.0 Å². The molecule has 0 aromatic carbocycles. The summed E-state index contributed by atoms with van der Waals surface area (Å²) in [6.07, 6.45) is 4.55. The van der Waals surface area contributed by atoms with E-state index < -0.39 is 11.5 Å². The maximum Gasteiger partial charge on any atom is 0.323 e. The van der Waals surface area contributed by atoms with Gasteiger partial charge in [-0.05, 0) is 51.0 Å². The van der Waals surface area contributed by atoms with Gasteiger partial charge in [0.15, 0.2) is 0 Å². The number of carboxylic acids is 1. The van der Waals surface area contributed by atoms with Gasteiger partial charge in [0.1, 0.15) is 5.54 Å². The van der Waals surface area contributed by atoms with Gasteiger partial charge in [-0.15, -0.1) is 0 Å². The van der Waals surface area contributed by atoms with Gasteiger partial charge >= 0.3 is 5.97 Å². The van der Waals surface area contributed by atoms with E-state index >= 15 is 0 Å². The molecule has 98 valence electrons. The number of carboxylic acid groups (broad SMARTS) is 1. The van der Waals surface area contributed by atoms with Gasteiger partial charge in [0.05, 0.1) is 0 Å². The van der Waals surface area contributed by atoms with Crippen LogP contribution >= 0.6 is 0 Å². The first-order valence-corrected chi connectivity index (χ1v) is 6.65. The molecule has 2 fully saturated rings. The van der Waals surface area contributed by atoms with Crippen molar-refractivity contribution in [1.29, 1.82) is 0 Å². The largest absolute Gasteiger partial charge is 0.480 e. The molecule has 0 bridgehead atoms. The standard InChI is InChI=1S/C13H24N2O2/c1-9-6-10(9)8-15(2)11-4-3-5-13(14,7-11)12(16)17/h9-11H,3-8,14H2,1-2H3,(H,16,17). The summed E-state index contributed by atoms with van der Waals surface area (Å²) in [5, 5.41) is 9.19. The average Bonchev–Trinajstić information content (AvgIpc) is 2.94. The lowest BCUT2D eigenvalue weighted by atomic mass is 9.79. The van der Waals surface area contributed by atoms with Crippen LogP contribution in [0.5, 0.6) is 0 Å². The van der Waals surface area contributed by atoms with Crippen LogP contribution < -0.4 is 5.73 Å². The molecule has 0 heterocycles. The molecule has 4 nitrogen and oxygen atoms in total. The molecule has 2 rings (SSSR count). The van der Waals surface area contributed by atoms with Gasteiger partial charge < -0.3 is 15.7 Å². The maximum absolute atomic E-state index is 11.2. The van der Waals surface area contributed by atoms with E-state index in [4.69, 9.17) is 5.73 Å². The summed E-state index contributed by atoms with van der Waals surface area (Å²) in [4.78, 5) is 13.5. The second-order valence-corrected chi connectivity index (χ2v) is 6.12. The van der Waals surface area contributed by atoms with Crippen molar-refractivity contribution in [2.45, 2.75) is 50.6 Å². The van der Waals surface area contributed by atoms with E-state index in [0.717, 1.165) is 31.2 Å². The molecule has 0 amide bonds. The molecule has 4 atom stereocenters. The Bertz CT molecular complexity index is 308. The van der Waals surface area contributed by atoms with Crippen molar-refractivity contribution in [3.8, 4) is 0 Å². The first kappa shape index (κ1) is 12.8. The van der Waals surface area contributed by atoms with Crippen molar-refractivity contribution in [2.75, 3.05) is 13.6 Å². The fraction of sp³-hybridized carbons (Fsp3) is 0.923. The Morgan fingerprint density at radius 1 is 1.59 bits per heavy atom. The van der Waals surface area contributed by atoms with E-state index in [9.17, 15) is 9.90 Å². The van der Waals surface area contributed by atoms with Gasteiger partial charge in [0.25, 0.3) is 0 Å². The summed E-state index contributed by atoms with van der Waals surface area (Å²) < 4.78 is 0. The van der Waals surface area contributed by atoms with Gasteiger partial charge in [-0.2, -0.15) is 0 Å². The molecule has 0 radical (unpaired) electrons. The summed E-state index contributed by atoms with van der Waals surface area (Å²) in [6, 6.07) is 0.345. The number of hydrogen-bond acceptors (Lipinski definition) is 3. The number of hydrogen-bond donors (Lipinski definition) is 2. The summed E-state index contributed by atoms with van der Waals surface area (Å²) in [6.45, 7) is 3.38. The summed E-state index contributed by atoms with van der Waals surface area (Å²) >= 11 is 0. The quantitative estimate of drug-likeness (QED) is 0.777. The molecule has 0 aliphatic heterocycles. The third-order valence-electron chi connectivity index (χ3n) is 4.61. The monoisotopic (exact) mass is 240 g/mol. The van der Waals surface area contributed by atoms with Crippen LogP contribution in [-0.2, 0) is 4.79 Å². The van der Waals surface area contributed by atoms with Gasteiger partial charge in [-0.1, -0.05) is 6.92 Å². The van der Waals surface area contributed by atoms with E-state index in [2.05, 4.69) is 18.9 Å². The Morgan fingerprint density at radius 3 is 2.76 bits per heavy atom. The number of rotatable bonds is 4. The predicted molar refractivity (Wildman–Crippen MR) is 66.7 cm³/mol. The molecule has 2 aliphatic rings. The van der Waals surface area contributed by atoms with Crippen LogP contribution in [0.4, 0.5) is 0 Å². The molecule has 0 aromatic rings. The molecule has 17 heavy (non-hydrogen) atoms. The Kier molecular flexibility index (Phi) is 3.46. The average molecular weight is 240 g/mol. The second-order valence-electron chi connectivity index (χ2n) is 6.12. The lowest BCUT2D eigenvalue weighted by Crippen LogP contribution is -2.55. The molecule has 2 saturated carbocycles. The minimum atomic E-state index is -0.994. The van der Waals surface area contributed by atoms with Crippen molar-refractivity contribution < 1.29 is 9.90 Å². The minimum absolute atomic E-state index is 0.345. The van der Waals surface area contributed by atoms with E-state index in [1.807, 2.05) is 0 Å². The normalized spacial score (nSPS) is 41.5. The van der Waals surface area contributed by atoms with Crippen molar-refractivity contribution in [3.05, 3.63) is 0 Å². The Balaban J connectivity index is 1.90. The summed E-state index contributed by atoms with van der Waals surface area (Å²) in [5.74, 6) is 0.831. The number of carbonyl (C=O) groups is 1. The summed E-state index contributed by atoms with van der Waals surface area (Å²) in [7, 11) is 2.11. The molecule has 4 unspecified atom stereocenters. The van der Waals surface area contributed by atoms with E-state index in [0.29, 0.717) is 18.9 Å². The molecule has 0 aromatic heterocycles. The molecule has 0 spiro atoms. The lowest BCUT2D eigenvalue weighted by Gasteiger charge is -2.39. The van der Waals surface area contributed by atoms with Crippen LogP contribution in [0.2, 0.25) is 0 Å². The van der Waals surface area contributed by atoms with Crippen molar-refractivity contribution >= 4 is 5.97 Å². The van der Waals surface area contributed by atoms with Crippen LogP contribution in [0.25, 0.3) is 0 Å². The fourth-order valence-corrected chi connectivity index (χ4v) is 3.02. The predicted octanol–water partition coefficient (Wildman–Crippen LogP) is 1.30. The topological polar surface area (TPSA) is 66.6 Å². The molecular formula is C13H24N2O2. The highest BCUT2D eigenvalue weighted by Gasteiger charge is 2.42. The maximum atomic E-state index is 11.2. The first-order chi connectivity index (χ1) is 7.92. The van der Waals surface area contributed by atoms with Crippen LogP contribution in [0.15, 0.2) is 0 Å². The van der Waals surface area contributed by atoms with Gasteiger partial charge in [-0.3, -0.25) is 4.79 Å². The Labute approximate surface area is 103 Å². The number of aliphatic carboxylic acids is 1. The van der Waals surface area contributed by atoms with Crippen molar-refractivity contribution in [3.63, 3.8) is 0 Å². The lowest BCUT2D eigenvalue weighted by molar-refractivity contribution is -0.145. The zero-order valence-electron chi connectivity index (χ0n) is 10.9. The third-order valence-corrected chi connectivity index (χ3v) is 4.61. The molecule has 4 heteroatoms. The van der Waals surface area contributed by atoms with E-state index in [1.54, 1.807) is 0 Å². The van der Waals surface area contributed by atoms with E-state index in [-0.39, 0.29) is 0 Å². The number of nitrogens with zero attached hydrogens (tertiary/aromatic N) is 1. The fourth-order valence-electron chi connectivity index (χ4n) is 3.02. The molecular weight excluding hydrogens is 216 g/mol. The smallest absolute Gasteiger partial charge is 0.323 e. The first-order valence-electron chi connectivity index (χ1n) is 6.65. The highest BCUT2D eigenvalue weighted by Crippen LogP contribution is 2.39. The third kappa shape index (κ3) is 2.80. The Hall–Kier alpha value is -0.610. The van der Waals surface area contributed by atoms with E-state index in [1.165, 1.54) is 6.42 Å². The van der Waals surface area contributed by atoms with Crippen molar-refractivity contribution in [2.24, 2.45) is 17.6 Å². The Morgan fingerprint density at radius 2 is 2.24 bits per heavy atom. The molecule has 3 N–H and O–H groups in total.